The van der Waals surface area contributed by atoms with Crippen molar-refractivity contribution in [2.45, 2.75) is 19.9 Å². The number of rotatable bonds is 6. The summed E-state index contributed by atoms with van der Waals surface area (Å²) in [4.78, 5) is 32.6. The van der Waals surface area contributed by atoms with Crippen LogP contribution >= 0.6 is 0 Å². The van der Waals surface area contributed by atoms with Crippen molar-refractivity contribution in [3.05, 3.63) is 93.7 Å². The van der Waals surface area contributed by atoms with Crippen LogP contribution in [0.4, 0.5) is 5.69 Å². The molecule has 1 aliphatic rings. The van der Waals surface area contributed by atoms with Gasteiger partial charge >= 0.3 is 0 Å². The number of aromatic nitrogens is 3. The van der Waals surface area contributed by atoms with Gasteiger partial charge < -0.3 is 14.8 Å². The second kappa shape index (κ2) is 10.3. The lowest BCUT2D eigenvalue weighted by Crippen LogP contribution is -2.29. The summed E-state index contributed by atoms with van der Waals surface area (Å²) in [6, 6.07) is 12.1. The molecular weight excluding hydrogens is 476 g/mol. The Morgan fingerprint density at radius 1 is 1.18 bits per heavy atom. The second-order valence-corrected chi connectivity index (χ2v) is 9.52. The molecule has 5 rings (SSSR count). The Labute approximate surface area is 231 Å². The van der Waals surface area contributed by atoms with Gasteiger partial charge in [0.1, 0.15) is 5.65 Å². The lowest BCUT2D eigenvalue weighted by molar-refractivity contribution is 0.0827. The number of hydrogen-bond donors (Lipinski definition) is 1. The number of aryl methyl sites for hydroxylation is 2. The highest BCUT2D eigenvalue weighted by atomic mass is 16.2. The van der Waals surface area contributed by atoms with Crippen LogP contribution in [0.25, 0.3) is 22.3 Å². The normalized spacial score (nSPS) is 17.0. The lowest BCUT2D eigenvalue weighted by atomic mass is 9.94. The van der Waals surface area contributed by atoms with E-state index in [9.17, 15) is 9.59 Å². The van der Waals surface area contributed by atoms with Crippen molar-refractivity contribution < 1.29 is 13.0 Å². The van der Waals surface area contributed by atoms with Crippen molar-refractivity contribution >= 4 is 28.2 Å². The molecule has 1 N–H and O–H groups in total. The van der Waals surface area contributed by atoms with Gasteiger partial charge in [-0.2, -0.15) is 0 Å². The fourth-order valence-corrected chi connectivity index (χ4v) is 5.07. The largest absolute Gasteiger partial charge is 0.388 e. The minimum absolute atomic E-state index is 0.0144. The van der Waals surface area contributed by atoms with E-state index in [0.717, 1.165) is 57.8 Å². The first-order chi connectivity index (χ1) is 20.7. The maximum Gasteiger partial charge on any atom is 0.257 e. The van der Waals surface area contributed by atoms with Crippen LogP contribution in [0.5, 0.6) is 0 Å². The third kappa shape index (κ3) is 4.75. The van der Waals surface area contributed by atoms with Crippen molar-refractivity contribution in [1.29, 1.82) is 0 Å². The van der Waals surface area contributed by atoms with E-state index in [1.807, 2.05) is 30.7 Å². The molecule has 0 unspecified atom stereocenters. The summed E-state index contributed by atoms with van der Waals surface area (Å²) in [5, 5.41) is 3.87. The van der Waals surface area contributed by atoms with Crippen LogP contribution in [-0.2, 0) is 13.6 Å². The Morgan fingerprint density at radius 3 is 2.71 bits per heavy atom. The van der Waals surface area contributed by atoms with Crippen molar-refractivity contribution in [3.63, 3.8) is 0 Å². The molecule has 0 fully saturated rings. The van der Waals surface area contributed by atoms with E-state index >= 15 is 0 Å². The highest BCUT2D eigenvalue weighted by Crippen LogP contribution is 2.28. The molecule has 0 radical (unpaired) electrons. The number of pyridine rings is 2. The summed E-state index contributed by atoms with van der Waals surface area (Å²) in [5.41, 5.74) is 6.04. The monoisotopic (exact) mass is 516 g/mol. The Bertz CT molecular complexity index is 1810. The maximum atomic E-state index is 12.9. The summed E-state index contributed by atoms with van der Waals surface area (Å²) >= 11 is 0. The molecule has 196 valence electrons. The van der Waals surface area contributed by atoms with E-state index in [2.05, 4.69) is 27.3 Å². The molecule has 4 heterocycles. The fraction of sp³-hybridized carbons (Fsp3) is 0.300. The average molecular weight is 517 g/mol. The zero-order valence-corrected chi connectivity index (χ0v) is 21.7. The highest BCUT2D eigenvalue weighted by Gasteiger charge is 2.19. The van der Waals surface area contributed by atoms with Crippen LogP contribution in [0.15, 0.2) is 65.7 Å². The summed E-state index contributed by atoms with van der Waals surface area (Å²) in [6.45, 7) is -2.22. The third-order valence-electron chi connectivity index (χ3n) is 7.17. The number of anilines is 1. The van der Waals surface area contributed by atoms with Gasteiger partial charge in [0.25, 0.3) is 11.5 Å². The minimum Gasteiger partial charge on any atom is -0.388 e. The van der Waals surface area contributed by atoms with Gasteiger partial charge in [-0.15, -0.1) is 0 Å². The highest BCUT2D eigenvalue weighted by molar-refractivity contribution is 5.94. The van der Waals surface area contributed by atoms with Gasteiger partial charge in [-0.3, -0.25) is 19.1 Å². The van der Waals surface area contributed by atoms with E-state index < -0.39 is 19.9 Å². The second-order valence-electron chi connectivity index (χ2n) is 9.52. The van der Waals surface area contributed by atoms with Crippen LogP contribution in [0.1, 0.15) is 41.8 Å². The first-order valence-corrected chi connectivity index (χ1v) is 12.4. The van der Waals surface area contributed by atoms with E-state index in [-0.39, 0.29) is 16.0 Å². The molecular formula is C30H34N6O2. The molecule has 8 heteroatoms. The zero-order valence-electron chi connectivity index (χ0n) is 27.7. The molecule has 0 saturated carbocycles. The zero-order chi connectivity index (χ0) is 32.0. The molecule has 0 saturated heterocycles. The van der Waals surface area contributed by atoms with Gasteiger partial charge in [0.05, 0.1) is 5.69 Å². The summed E-state index contributed by atoms with van der Waals surface area (Å²) in [5.74, 6) is -1.06. The number of benzene rings is 1. The Balaban J connectivity index is 1.34. The van der Waals surface area contributed by atoms with Gasteiger partial charge in [-0.05, 0) is 60.4 Å². The van der Waals surface area contributed by atoms with Crippen LogP contribution in [-0.4, -0.2) is 63.9 Å². The van der Waals surface area contributed by atoms with Gasteiger partial charge in [0, 0.05) is 96.7 Å². The number of nitrogens with one attached hydrogen (secondary N) is 1. The van der Waals surface area contributed by atoms with Crippen LogP contribution in [0, 0.1) is 6.92 Å². The molecule has 38 heavy (non-hydrogen) atoms. The average Bonchev–Trinajstić information content (AvgIpc) is 3.27. The fourth-order valence-electron chi connectivity index (χ4n) is 5.07. The summed E-state index contributed by atoms with van der Waals surface area (Å²) < 4.78 is 48.9. The molecule has 4 aromatic rings. The molecule has 1 aromatic carbocycles. The number of carbonyl (C=O) groups excluding carboxylic acids is 1. The number of carbonyl (C=O) groups is 1. The molecule has 0 atom stereocenters. The third-order valence-corrected chi connectivity index (χ3v) is 7.17. The molecule has 1 amide bonds. The predicted octanol–water partition coefficient (Wildman–Crippen LogP) is 4.07. The molecule has 3 aromatic heterocycles. The van der Waals surface area contributed by atoms with Crippen molar-refractivity contribution in [3.8, 4) is 5.69 Å². The first kappa shape index (κ1) is 19.0. The molecule has 0 bridgehead atoms. The quantitative estimate of drug-likeness (QED) is 0.418. The summed E-state index contributed by atoms with van der Waals surface area (Å²) in [7, 11) is 3.74. The van der Waals surface area contributed by atoms with Gasteiger partial charge in [0.15, 0.2) is 0 Å². The van der Waals surface area contributed by atoms with Gasteiger partial charge in [-0.1, -0.05) is 12.1 Å². The number of hydrogen-bond acceptors (Lipinski definition) is 5. The minimum atomic E-state index is -3.10. The van der Waals surface area contributed by atoms with Crippen molar-refractivity contribution in [2.75, 3.05) is 39.4 Å². The smallest absolute Gasteiger partial charge is 0.257 e. The maximum absolute atomic E-state index is 12.9. The van der Waals surface area contributed by atoms with Crippen molar-refractivity contribution in [1.82, 2.24) is 23.9 Å². The van der Waals surface area contributed by atoms with Gasteiger partial charge in [-0.25, -0.2) is 4.98 Å². The van der Waals surface area contributed by atoms with Crippen LogP contribution < -0.4 is 10.9 Å². The van der Waals surface area contributed by atoms with E-state index in [0.29, 0.717) is 13.1 Å². The molecule has 1 aliphatic heterocycles. The number of amides is 1. The first-order valence-electron chi connectivity index (χ1n) is 15.4. The SMILES string of the molecule is [2H]C([2H])([2H])N(C(=O)c1ccc(C2=CCN(Cc3cc4c(-n5ccc(NC)cc5=O)ccnc4n3C)CC2)c(C)c1)C([2H])([2H])[2H]. The van der Waals surface area contributed by atoms with E-state index in [4.69, 9.17) is 8.22 Å². The topological polar surface area (TPSA) is 75.4 Å². The van der Waals surface area contributed by atoms with E-state index in [1.165, 1.54) is 6.07 Å². The van der Waals surface area contributed by atoms with Gasteiger partial charge in [0.2, 0.25) is 0 Å². The number of fused-ring (bicyclic) bond motifs is 1. The molecule has 8 nitrogen and oxygen atoms in total. The number of nitrogens with zero attached hydrogens (tertiary/aromatic N) is 5. The lowest BCUT2D eigenvalue weighted by Gasteiger charge is -2.27. The predicted molar refractivity (Wildman–Crippen MR) is 153 cm³/mol. The molecule has 0 aliphatic carbocycles. The summed E-state index contributed by atoms with van der Waals surface area (Å²) in [6.07, 6.45) is 6.36. The van der Waals surface area contributed by atoms with Crippen LogP contribution in [0.2, 0.25) is 0 Å². The Hall–Kier alpha value is -4.17. The van der Waals surface area contributed by atoms with Crippen LogP contribution in [0.3, 0.4) is 0 Å². The Morgan fingerprint density at radius 2 is 2.03 bits per heavy atom. The standard InChI is InChI=1S/C30H34N6O2/c1-20-16-22(30(38)33(3)4)6-7-25(20)21-9-13-35(14-10-21)19-24-18-26-27(8-12-32-29(26)34(24)5)36-15-11-23(31-2)17-28(36)37/h6-9,11-12,15-18,31H,10,13-14,19H2,1-5H3/i3D3,4D3. The Kier molecular flexibility index (Phi) is 5.14. The van der Waals surface area contributed by atoms with E-state index in [1.54, 1.807) is 42.2 Å². The molecule has 0 spiro atoms. The van der Waals surface area contributed by atoms with Crippen molar-refractivity contribution in [2.24, 2.45) is 7.05 Å².